The van der Waals surface area contributed by atoms with E-state index in [4.69, 9.17) is 18.9 Å². The van der Waals surface area contributed by atoms with Gasteiger partial charge in [0.1, 0.15) is 24.5 Å². The number of pyridine rings is 2. The summed E-state index contributed by atoms with van der Waals surface area (Å²) >= 11 is 0. The maximum Gasteiger partial charge on any atom is 0.213 e. The number of piperidine rings is 1. The molecule has 4 heterocycles. The topological polar surface area (TPSA) is 65.9 Å². The smallest absolute Gasteiger partial charge is 0.213 e. The monoisotopic (exact) mass is 433 g/mol. The van der Waals surface area contributed by atoms with Gasteiger partial charge in [-0.05, 0) is 42.0 Å². The molecular weight excluding hydrogens is 406 g/mol. The zero-order valence-corrected chi connectivity index (χ0v) is 18.2. The molecule has 2 aliphatic heterocycles. The van der Waals surface area contributed by atoms with E-state index in [1.165, 1.54) is 5.56 Å². The predicted molar refractivity (Wildman–Crippen MR) is 120 cm³/mol. The van der Waals surface area contributed by atoms with Crippen LogP contribution < -0.4 is 18.9 Å². The minimum Gasteiger partial charge on any atom is -0.491 e. The van der Waals surface area contributed by atoms with Crippen molar-refractivity contribution < 1.29 is 18.9 Å². The van der Waals surface area contributed by atoms with E-state index in [1.54, 1.807) is 13.3 Å². The molecule has 166 valence electrons. The van der Waals surface area contributed by atoms with Crippen molar-refractivity contribution in [1.29, 1.82) is 0 Å². The first kappa shape index (κ1) is 19.6. The molecule has 6 rings (SSSR count). The number of hydrogen-bond acceptors (Lipinski definition) is 7. The quantitative estimate of drug-likeness (QED) is 0.567. The lowest BCUT2D eigenvalue weighted by Gasteiger charge is -2.21. The van der Waals surface area contributed by atoms with Gasteiger partial charge >= 0.3 is 0 Å². The fourth-order valence-corrected chi connectivity index (χ4v) is 5.10. The molecule has 7 heteroatoms. The van der Waals surface area contributed by atoms with Crippen LogP contribution in [-0.4, -0.2) is 61.4 Å². The molecule has 32 heavy (non-hydrogen) atoms. The highest BCUT2D eigenvalue weighted by Crippen LogP contribution is 2.51. The van der Waals surface area contributed by atoms with Crippen LogP contribution in [0.4, 0.5) is 0 Å². The molecule has 0 spiro atoms. The van der Waals surface area contributed by atoms with E-state index in [0.717, 1.165) is 72.8 Å². The second-order valence-electron chi connectivity index (χ2n) is 8.82. The lowest BCUT2D eigenvalue weighted by molar-refractivity contribution is 0.171. The Hall–Kier alpha value is -3.06. The Balaban J connectivity index is 1.01. The summed E-state index contributed by atoms with van der Waals surface area (Å²) in [6, 6.07) is 12.0. The summed E-state index contributed by atoms with van der Waals surface area (Å²) < 4.78 is 22.8. The zero-order chi connectivity index (χ0) is 21.5. The van der Waals surface area contributed by atoms with Gasteiger partial charge in [-0.2, -0.15) is 0 Å². The van der Waals surface area contributed by atoms with Crippen LogP contribution in [0.2, 0.25) is 0 Å². The van der Waals surface area contributed by atoms with E-state index in [9.17, 15) is 0 Å². The van der Waals surface area contributed by atoms with Crippen LogP contribution in [0.25, 0.3) is 11.0 Å². The fraction of sp³-hybridized carbons (Fsp3) is 0.440. The van der Waals surface area contributed by atoms with Crippen molar-refractivity contribution in [2.24, 2.45) is 17.8 Å². The third kappa shape index (κ3) is 3.71. The van der Waals surface area contributed by atoms with Crippen molar-refractivity contribution in [3.63, 3.8) is 0 Å². The van der Waals surface area contributed by atoms with Crippen LogP contribution in [0.5, 0.6) is 23.1 Å². The maximum absolute atomic E-state index is 6.19. The van der Waals surface area contributed by atoms with Crippen molar-refractivity contribution in [3.05, 3.63) is 48.2 Å². The van der Waals surface area contributed by atoms with Crippen LogP contribution in [0, 0.1) is 17.8 Å². The van der Waals surface area contributed by atoms with E-state index in [-0.39, 0.29) is 0 Å². The van der Waals surface area contributed by atoms with Gasteiger partial charge in [0.2, 0.25) is 5.88 Å². The third-order valence-electron chi connectivity index (χ3n) is 6.93. The standard InChI is InChI=1S/C25H27N3O4/c1-29-24-5-3-20-25(27-24)22(6-8-26-20)32-15-19-17-13-28(14-18(17)19)9-7-16-2-4-21-23(12-16)31-11-10-30-21/h2-6,8,12,17-19H,7,9-11,13-15H2,1H3/t17-,18+,19?. The van der Waals surface area contributed by atoms with E-state index in [2.05, 4.69) is 27.0 Å². The van der Waals surface area contributed by atoms with Gasteiger partial charge in [-0.15, -0.1) is 0 Å². The Morgan fingerprint density at radius 2 is 1.88 bits per heavy atom. The van der Waals surface area contributed by atoms with Gasteiger partial charge in [0.15, 0.2) is 11.5 Å². The van der Waals surface area contributed by atoms with Crippen LogP contribution in [0.3, 0.4) is 0 Å². The number of aromatic nitrogens is 2. The molecule has 3 aliphatic rings. The summed E-state index contributed by atoms with van der Waals surface area (Å²) in [4.78, 5) is 11.5. The van der Waals surface area contributed by atoms with Crippen LogP contribution in [0.1, 0.15) is 5.56 Å². The lowest BCUT2D eigenvalue weighted by Crippen LogP contribution is -2.28. The van der Waals surface area contributed by atoms with Crippen molar-refractivity contribution in [2.45, 2.75) is 6.42 Å². The van der Waals surface area contributed by atoms with Crippen molar-refractivity contribution >= 4 is 11.0 Å². The van der Waals surface area contributed by atoms with E-state index >= 15 is 0 Å². The first-order valence-electron chi connectivity index (χ1n) is 11.3. The highest BCUT2D eigenvalue weighted by Gasteiger charge is 2.55. The Kier molecular flexibility index (Phi) is 4.98. The summed E-state index contributed by atoms with van der Waals surface area (Å²) in [5.74, 6) is 5.22. The summed E-state index contributed by atoms with van der Waals surface area (Å²) in [7, 11) is 1.62. The number of fused-ring (bicyclic) bond motifs is 3. The number of hydrogen-bond donors (Lipinski definition) is 0. The number of benzene rings is 1. The summed E-state index contributed by atoms with van der Waals surface area (Å²) in [5, 5.41) is 0. The number of ether oxygens (including phenoxy) is 4. The van der Waals surface area contributed by atoms with Gasteiger partial charge in [-0.1, -0.05) is 6.07 Å². The first-order chi connectivity index (χ1) is 15.8. The van der Waals surface area contributed by atoms with E-state index < -0.39 is 0 Å². The Morgan fingerprint density at radius 3 is 2.72 bits per heavy atom. The number of methoxy groups -OCH3 is 1. The maximum atomic E-state index is 6.19. The van der Waals surface area contributed by atoms with Gasteiger partial charge in [0, 0.05) is 43.9 Å². The molecule has 1 unspecified atom stereocenters. The van der Waals surface area contributed by atoms with Gasteiger partial charge < -0.3 is 23.8 Å². The van der Waals surface area contributed by atoms with E-state index in [0.29, 0.717) is 25.0 Å². The molecule has 1 aromatic carbocycles. The molecule has 2 aromatic heterocycles. The van der Waals surface area contributed by atoms with Crippen molar-refractivity contribution in [1.82, 2.24) is 14.9 Å². The summed E-state index contributed by atoms with van der Waals surface area (Å²) in [6.45, 7) is 5.41. The largest absolute Gasteiger partial charge is 0.491 e. The molecule has 0 bridgehead atoms. The lowest BCUT2D eigenvalue weighted by atomic mass is 10.1. The Labute approximate surface area is 187 Å². The van der Waals surface area contributed by atoms with Gasteiger partial charge in [0.25, 0.3) is 0 Å². The first-order valence-corrected chi connectivity index (χ1v) is 11.3. The number of nitrogens with zero attached hydrogens (tertiary/aromatic N) is 3. The minimum atomic E-state index is 0.576. The van der Waals surface area contributed by atoms with Crippen LogP contribution in [0.15, 0.2) is 42.6 Å². The van der Waals surface area contributed by atoms with Crippen LogP contribution >= 0.6 is 0 Å². The molecule has 3 aromatic rings. The number of rotatable bonds is 7. The zero-order valence-electron chi connectivity index (χ0n) is 18.2. The minimum absolute atomic E-state index is 0.576. The summed E-state index contributed by atoms with van der Waals surface area (Å²) in [5.41, 5.74) is 2.89. The molecule has 0 amide bonds. The number of likely N-dealkylation sites (tertiary alicyclic amines) is 1. The molecule has 0 N–H and O–H groups in total. The average molecular weight is 434 g/mol. The molecular formula is C25H27N3O4. The molecule has 2 fully saturated rings. The molecule has 1 saturated heterocycles. The highest BCUT2D eigenvalue weighted by atomic mass is 16.6. The second-order valence-corrected chi connectivity index (χ2v) is 8.82. The molecule has 3 atom stereocenters. The molecule has 1 saturated carbocycles. The normalized spacial score (nSPS) is 23.7. The molecule has 0 radical (unpaired) electrons. The predicted octanol–water partition coefficient (Wildman–Crippen LogP) is 3.21. The second kappa shape index (κ2) is 8.13. The van der Waals surface area contributed by atoms with E-state index in [1.807, 2.05) is 24.3 Å². The SMILES string of the molecule is COc1ccc2nccc(OCC3[C@H]4CN(CCc5ccc6c(c5)OCCO6)C[C@@H]34)c2n1. The fourth-order valence-electron chi connectivity index (χ4n) is 5.10. The van der Waals surface area contributed by atoms with Gasteiger partial charge in [0.05, 0.1) is 19.2 Å². The van der Waals surface area contributed by atoms with Crippen LogP contribution in [-0.2, 0) is 6.42 Å². The van der Waals surface area contributed by atoms with Crippen molar-refractivity contribution in [3.8, 4) is 23.1 Å². The average Bonchev–Trinajstić information content (AvgIpc) is 3.29. The highest BCUT2D eigenvalue weighted by molar-refractivity contribution is 5.81. The summed E-state index contributed by atoms with van der Waals surface area (Å²) in [6.07, 6.45) is 2.81. The Morgan fingerprint density at radius 1 is 1.03 bits per heavy atom. The van der Waals surface area contributed by atoms with Gasteiger partial charge in [-0.25, -0.2) is 4.98 Å². The molecule has 1 aliphatic carbocycles. The molecule has 7 nitrogen and oxygen atoms in total. The van der Waals surface area contributed by atoms with Crippen molar-refractivity contribution in [2.75, 3.05) is 46.6 Å². The Bertz CT molecular complexity index is 1130. The third-order valence-corrected chi connectivity index (χ3v) is 6.93. The van der Waals surface area contributed by atoms with Gasteiger partial charge in [-0.3, -0.25) is 4.98 Å².